The highest BCUT2D eigenvalue weighted by Crippen LogP contribution is 2.38. The fraction of sp³-hybridized carbons (Fsp3) is 0.321. The quantitative estimate of drug-likeness (QED) is 0.290. The van der Waals surface area contributed by atoms with Gasteiger partial charge in [0, 0.05) is 41.0 Å². The maximum atomic E-state index is 12.9. The third-order valence-corrected chi connectivity index (χ3v) is 8.57. The molecule has 3 aromatic rings. The predicted octanol–water partition coefficient (Wildman–Crippen LogP) is 5.17. The Kier molecular flexibility index (Phi) is 7.93. The number of carbonyl (C=O) groups is 3. The van der Waals surface area contributed by atoms with Crippen molar-refractivity contribution in [2.75, 3.05) is 30.0 Å². The van der Waals surface area contributed by atoms with Gasteiger partial charge in [-0.1, -0.05) is 36.4 Å². The topological polar surface area (TPSA) is 87.7 Å². The van der Waals surface area contributed by atoms with Crippen molar-refractivity contribution < 1.29 is 19.1 Å². The van der Waals surface area contributed by atoms with E-state index in [0.717, 1.165) is 59.9 Å². The maximum absolute atomic E-state index is 12.9. The molecule has 2 heterocycles. The van der Waals surface area contributed by atoms with E-state index in [1.54, 1.807) is 0 Å². The van der Waals surface area contributed by atoms with Gasteiger partial charge in [0.15, 0.2) is 0 Å². The highest BCUT2D eigenvalue weighted by atomic mass is 32.2. The third kappa shape index (κ3) is 6.41. The normalized spacial score (nSPS) is 15.1. The van der Waals surface area contributed by atoms with E-state index in [0.29, 0.717) is 10.6 Å². The summed E-state index contributed by atoms with van der Waals surface area (Å²) in [6.45, 7) is 2.40. The number of benzene rings is 2. The van der Waals surface area contributed by atoms with Gasteiger partial charge in [-0.15, -0.1) is 23.1 Å². The molecule has 0 atom stereocenters. The molecule has 192 valence electrons. The molecule has 1 fully saturated rings. The van der Waals surface area contributed by atoms with Crippen molar-refractivity contribution in [1.82, 2.24) is 4.90 Å². The van der Waals surface area contributed by atoms with Crippen molar-refractivity contribution in [3.8, 4) is 0 Å². The summed E-state index contributed by atoms with van der Waals surface area (Å²) in [7, 11) is 1.37. The van der Waals surface area contributed by atoms with E-state index in [1.807, 2.05) is 42.5 Å². The zero-order chi connectivity index (χ0) is 25.8. The van der Waals surface area contributed by atoms with Gasteiger partial charge in [0.2, 0.25) is 11.8 Å². The standard InChI is InChI=1S/C28H29N3O4S2/c1-35-28(34)25-22-12-13-31(15-18-6-3-2-4-7-18)16-23(22)37-27(25)30-24(32)17-36-21-9-5-8-20(14-21)29-26(33)19-10-11-19/h2-9,14,19H,10-13,15-17H2,1H3,(H,29,33)(H,30,32). The summed E-state index contributed by atoms with van der Waals surface area (Å²) in [5.74, 6) is -0.241. The van der Waals surface area contributed by atoms with E-state index in [2.05, 4.69) is 27.7 Å². The van der Waals surface area contributed by atoms with Gasteiger partial charge in [0.1, 0.15) is 5.00 Å². The maximum Gasteiger partial charge on any atom is 0.341 e. The summed E-state index contributed by atoms with van der Waals surface area (Å²) in [6, 6.07) is 17.8. The summed E-state index contributed by atoms with van der Waals surface area (Å²) in [6.07, 6.45) is 2.63. The molecule has 1 saturated carbocycles. The molecule has 9 heteroatoms. The second kappa shape index (κ2) is 11.5. The minimum atomic E-state index is -0.420. The molecule has 0 unspecified atom stereocenters. The van der Waals surface area contributed by atoms with Crippen LogP contribution in [-0.2, 0) is 33.8 Å². The number of thioether (sulfide) groups is 1. The van der Waals surface area contributed by atoms with E-state index in [9.17, 15) is 14.4 Å². The summed E-state index contributed by atoms with van der Waals surface area (Å²) in [4.78, 5) is 41.9. The Balaban J connectivity index is 1.23. The van der Waals surface area contributed by atoms with Gasteiger partial charge >= 0.3 is 5.97 Å². The Morgan fingerprint density at radius 2 is 1.89 bits per heavy atom. The second-order valence-corrected chi connectivity index (χ2v) is 11.4. The molecule has 2 aliphatic rings. The first-order valence-electron chi connectivity index (χ1n) is 12.3. The lowest BCUT2D eigenvalue weighted by Crippen LogP contribution is -2.29. The van der Waals surface area contributed by atoms with E-state index >= 15 is 0 Å². The van der Waals surface area contributed by atoms with Crippen LogP contribution in [0, 0.1) is 5.92 Å². The zero-order valence-corrected chi connectivity index (χ0v) is 22.3. The molecular weight excluding hydrogens is 506 g/mol. The van der Waals surface area contributed by atoms with Crippen LogP contribution in [0.25, 0.3) is 0 Å². The molecule has 1 aliphatic carbocycles. The first-order valence-corrected chi connectivity index (χ1v) is 14.1. The number of nitrogens with one attached hydrogen (secondary N) is 2. The van der Waals surface area contributed by atoms with Gasteiger partial charge in [-0.3, -0.25) is 14.5 Å². The van der Waals surface area contributed by atoms with Crippen LogP contribution >= 0.6 is 23.1 Å². The summed E-state index contributed by atoms with van der Waals surface area (Å²) < 4.78 is 5.06. The predicted molar refractivity (Wildman–Crippen MR) is 147 cm³/mol. The van der Waals surface area contributed by atoms with Gasteiger partial charge in [-0.2, -0.15) is 0 Å². The molecule has 0 saturated heterocycles. The zero-order valence-electron chi connectivity index (χ0n) is 20.6. The number of amides is 2. The van der Waals surface area contributed by atoms with Gasteiger partial charge in [-0.05, 0) is 48.6 Å². The third-order valence-electron chi connectivity index (χ3n) is 6.45. The van der Waals surface area contributed by atoms with Crippen LogP contribution in [0.5, 0.6) is 0 Å². The fourth-order valence-corrected chi connectivity index (χ4v) is 6.45. The SMILES string of the molecule is COC(=O)c1c(NC(=O)CSc2cccc(NC(=O)C3CC3)c2)sc2c1CCN(Cc1ccccc1)C2. The molecule has 1 aromatic heterocycles. The Bertz CT molecular complexity index is 1300. The lowest BCUT2D eigenvalue weighted by atomic mass is 10.0. The number of nitrogens with zero attached hydrogens (tertiary/aromatic N) is 1. The summed E-state index contributed by atoms with van der Waals surface area (Å²) in [5.41, 5.74) is 3.44. The van der Waals surface area contributed by atoms with Crippen molar-refractivity contribution in [2.24, 2.45) is 5.92 Å². The first kappa shape index (κ1) is 25.5. The highest BCUT2D eigenvalue weighted by molar-refractivity contribution is 8.00. The molecule has 7 nitrogen and oxygen atoms in total. The summed E-state index contributed by atoms with van der Waals surface area (Å²) in [5, 5.41) is 6.45. The molecule has 37 heavy (non-hydrogen) atoms. The second-order valence-electron chi connectivity index (χ2n) is 9.27. The number of carbonyl (C=O) groups excluding carboxylic acids is 3. The number of anilines is 2. The Labute approximate surface area is 224 Å². The van der Waals surface area contributed by atoms with E-state index in [1.165, 1.54) is 35.8 Å². The average molecular weight is 536 g/mol. The van der Waals surface area contributed by atoms with Crippen LogP contribution in [0.2, 0.25) is 0 Å². The van der Waals surface area contributed by atoms with Gasteiger partial charge in [-0.25, -0.2) is 4.79 Å². The van der Waals surface area contributed by atoms with Crippen molar-refractivity contribution in [2.45, 2.75) is 37.2 Å². The minimum Gasteiger partial charge on any atom is -0.465 e. The molecule has 2 N–H and O–H groups in total. The van der Waals surface area contributed by atoms with Crippen LogP contribution < -0.4 is 10.6 Å². The Morgan fingerprint density at radius 1 is 1.08 bits per heavy atom. The smallest absolute Gasteiger partial charge is 0.341 e. The van der Waals surface area contributed by atoms with Crippen molar-refractivity contribution in [1.29, 1.82) is 0 Å². The highest BCUT2D eigenvalue weighted by Gasteiger charge is 2.30. The van der Waals surface area contributed by atoms with Crippen LogP contribution in [0.15, 0.2) is 59.5 Å². The van der Waals surface area contributed by atoms with E-state index in [4.69, 9.17) is 4.74 Å². The number of esters is 1. The number of fused-ring (bicyclic) bond motifs is 1. The molecule has 5 rings (SSSR count). The monoisotopic (exact) mass is 535 g/mol. The molecule has 1 aliphatic heterocycles. The van der Waals surface area contributed by atoms with Gasteiger partial charge < -0.3 is 15.4 Å². The van der Waals surface area contributed by atoms with Crippen molar-refractivity contribution in [3.63, 3.8) is 0 Å². The lowest BCUT2D eigenvalue weighted by Gasteiger charge is -2.27. The molecule has 2 amide bonds. The van der Waals surface area contributed by atoms with Gasteiger partial charge in [0.25, 0.3) is 0 Å². The van der Waals surface area contributed by atoms with Crippen molar-refractivity contribution >= 4 is 51.6 Å². The van der Waals surface area contributed by atoms with Crippen LogP contribution in [0.3, 0.4) is 0 Å². The number of thiophene rings is 1. The van der Waals surface area contributed by atoms with E-state index in [-0.39, 0.29) is 23.5 Å². The van der Waals surface area contributed by atoms with E-state index < -0.39 is 5.97 Å². The Hall–Kier alpha value is -3.14. The number of hydrogen-bond acceptors (Lipinski definition) is 7. The average Bonchev–Trinajstić information content (AvgIpc) is 3.70. The van der Waals surface area contributed by atoms with Crippen LogP contribution in [-0.4, -0.2) is 42.1 Å². The first-order chi connectivity index (χ1) is 18.0. The molecule has 0 bridgehead atoms. The van der Waals surface area contributed by atoms with Gasteiger partial charge in [0.05, 0.1) is 18.4 Å². The van der Waals surface area contributed by atoms with Crippen molar-refractivity contribution in [3.05, 3.63) is 76.2 Å². The molecule has 0 radical (unpaired) electrons. The molecule has 2 aromatic carbocycles. The number of rotatable bonds is 9. The van der Waals surface area contributed by atoms with Crippen LogP contribution in [0.1, 0.15) is 39.2 Å². The lowest BCUT2D eigenvalue weighted by molar-refractivity contribution is -0.117. The Morgan fingerprint density at radius 3 is 2.65 bits per heavy atom. The number of ether oxygens (including phenoxy) is 1. The number of methoxy groups -OCH3 is 1. The van der Waals surface area contributed by atoms with Crippen LogP contribution in [0.4, 0.5) is 10.7 Å². The molecular formula is C28H29N3O4S2. The minimum absolute atomic E-state index is 0.0548. The summed E-state index contributed by atoms with van der Waals surface area (Å²) >= 11 is 2.84. The fourth-order valence-electron chi connectivity index (χ4n) is 4.40. The largest absolute Gasteiger partial charge is 0.465 e. The number of hydrogen-bond donors (Lipinski definition) is 2. The molecule has 0 spiro atoms.